The molecule has 2 N–H and O–H groups in total. The van der Waals surface area contributed by atoms with Gasteiger partial charge in [0.1, 0.15) is 4.90 Å². The Balaban J connectivity index is 1.53. The zero-order valence-electron chi connectivity index (χ0n) is 18.5. The number of carbonyl (C=O) groups is 2. The van der Waals surface area contributed by atoms with Crippen molar-refractivity contribution < 1.29 is 22.7 Å². The number of nitrogens with one attached hydrogen (secondary N) is 2. The molecule has 1 aliphatic rings. The summed E-state index contributed by atoms with van der Waals surface area (Å²) >= 11 is 1.10. The number of ether oxygens (including phenoxy) is 1. The Hall–Kier alpha value is -3.28. The van der Waals surface area contributed by atoms with E-state index in [1.54, 1.807) is 22.4 Å². The van der Waals surface area contributed by atoms with Gasteiger partial charge in [0.15, 0.2) is 5.13 Å². The van der Waals surface area contributed by atoms with E-state index in [0.717, 1.165) is 22.5 Å². The highest BCUT2D eigenvalue weighted by molar-refractivity contribution is 7.93. The van der Waals surface area contributed by atoms with Crippen molar-refractivity contribution in [2.75, 3.05) is 36.3 Å². The fourth-order valence-electron chi connectivity index (χ4n) is 3.55. The van der Waals surface area contributed by atoms with E-state index in [1.807, 2.05) is 30.3 Å². The summed E-state index contributed by atoms with van der Waals surface area (Å²) in [7, 11) is -4.05. The minimum Gasteiger partial charge on any atom is -0.378 e. The largest absolute Gasteiger partial charge is 0.378 e. The van der Waals surface area contributed by atoms with Crippen LogP contribution in [0.15, 0.2) is 58.8 Å². The van der Waals surface area contributed by atoms with E-state index in [1.165, 1.54) is 13.0 Å². The number of carbonyl (C=O) groups excluding carboxylic acids is 2. The topological polar surface area (TPSA) is 118 Å². The van der Waals surface area contributed by atoms with Gasteiger partial charge in [0.2, 0.25) is 11.8 Å². The van der Waals surface area contributed by atoms with Gasteiger partial charge in [-0.25, -0.2) is 13.4 Å². The molecule has 34 heavy (non-hydrogen) atoms. The van der Waals surface area contributed by atoms with Crippen LogP contribution in [0.4, 0.5) is 10.8 Å². The van der Waals surface area contributed by atoms with Crippen LogP contribution in [0.5, 0.6) is 0 Å². The standard InChI is InChI=1S/C23H24N4O5S2/c1-16(28)24-20-13-18(17-5-3-2-4-6-17)7-8-21(20)34(30,31)26-23-25-19(15-33-23)14-22(29)27-9-11-32-12-10-27/h2-8,13,15H,9-12,14H2,1H3,(H,24,28)(H,25,26). The van der Waals surface area contributed by atoms with Crippen LogP contribution in [-0.4, -0.2) is 56.4 Å². The van der Waals surface area contributed by atoms with Gasteiger partial charge in [0.25, 0.3) is 10.0 Å². The molecular weight excluding hydrogens is 476 g/mol. The molecule has 2 aromatic carbocycles. The number of thiazole rings is 1. The van der Waals surface area contributed by atoms with Crippen molar-refractivity contribution in [3.05, 3.63) is 59.6 Å². The zero-order valence-corrected chi connectivity index (χ0v) is 20.1. The number of nitrogens with zero attached hydrogens (tertiary/aromatic N) is 2. The van der Waals surface area contributed by atoms with Gasteiger partial charge in [0, 0.05) is 25.4 Å². The number of benzene rings is 2. The fourth-order valence-corrected chi connectivity index (χ4v) is 5.65. The molecule has 0 unspecified atom stereocenters. The van der Waals surface area contributed by atoms with Crippen molar-refractivity contribution in [2.45, 2.75) is 18.2 Å². The van der Waals surface area contributed by atoms with E-state index in [-0.39, 0.29) is 33.9 Å². The Labute approximate surface area is 201 Å². The number of morpholine rings is 1. The van der Waals surface area contributed by atoms with Crippen molar-refractivity contribution >= 4 is 44.0 Å². The fraction of sp³-hybridized carbons (Fsp3) is 0.261. The van der Waals surface area contributed by atoms with Crippen LogP contribution in [0.3, 0.4) is 0 Å². The molecule has 2 amide bonds. The van der Waals surface area contributed by atoms with Gasteiger partial charge in [-0.1, -0.05) is 36.4 Å². The minimum absolute atomic E-state index is 0.0764. The molecule has 0 atom stereocenters. The van der Waals surface area contributed by atoms with E-state index >= 15 is 0 Å². The highest BCUT2D eigenvalue weighted by atomic mass is 32.2. The van der Waals surface area contributed by atoms with Gasteiger partial charge in [-0.3, -0.25) is 14.3 Å². The number of aromatic nitrogens is 1. The molecule has 1 saturated heterocycles. The molecule has 0 spiro atoms. The van der Waals surface area contributed by atoms with Crippen LogP contribution >= 0.6 is 11.3 Å². The maximum Gasteiger partial charge on any atom is 0.265 e. The lowest BCUT2D eigenvalue weighted by Gasteiger charge is -2.26. The lowest BCUT2D eigenvalue weighted by Crippen LogP contribution is -2.41. The molecule has 1 aliphatic heterocycles. The van der Waals surface area contributed by atoms with Gasteiger partial charge in [-0.15, -0.1) is 11.3 Å². The van der Waals surface area contributed by atoms with Crippen molar-refractivity contribution in [2.24, 2.45) is 0 Å². The molecule has 178 valence electrons. The number of anilines is 2. The molecule has 4 rings (SSSR count). The SMILES string of the molecule is CC(=O)Nc1cc(-c2ccccc2)ccc1S(=O)(=O)Nc1nc(CC(=O)N2CCOCC2)cs1. The summed E-state index contributed by atoms with van der Waals surface area (Å²) in [6, 6.07) is 14.2. The number of rotatable bonds is 7. The van der Waals surface area contributed by atoms with Gasteiger partial charge >= 0.3 is 0 Å². The predicted octanol–water partition coefficient (Wildman–Crippen LogP) is 2.97. The molecule has 1 fully saturated rings. The minimum atomic E-state index is -4.05. The number of sulfonamides is 1. The first-order valence-corrected chi connectivity index (χ1v) is 13.0. The molecule has 3 aromatic rings. The summed E-state index contributed by atoms with van der Waals surface area (Å²) in [5, 5.41) is 4.41. The first kappa shape index (κ1) is 23.9. The van der Waals surface area contributed by atoms with Crippen LogP contribution in [0.1, 0.15) is 12.6 Å². The summed E-state index contributed by atoms with van der Waals surface area (Å²) in [6.07, 6.45) is 0.0845. The van der Waals surface area contributed by atoms with Gasteiger partial charge in [-0.2, -0.15) is 0 Å². The highest BCUT2D eigenvalue weighted by Gasteiger charge is 2.23. The Kier molecular flexibility index (Phi) is 7.25. The smallest absolute Gasteiger partial charge is 0.265 e. The zero-order chi connectivity index (χ0) is 24.1. The third-order valence-corrected chi connectivity index (χ3v) is 7.49. The molecule has 0 saturated carbocycles. The van der Waals surface area contributed by atoms with Crippen LogP contribution in [-0.2, 0) is 30.8 Å². The predicted molar refractivity (Wildman–Crippen MR) is 130 cm³/mol. The van der Waals surface area contributed by atoms with Crippen LogP contribution < -0.4 is 10.0 Å². The maximum absolute atomic E-state index is 13.1. The number of amides is 2. The molecule has 9 nitrogen and oxygen atoms in total. The first-order chi connectivity index (χ1) is 16.3. The van der Waals surface area contributed by atoms with Crippen molar-refractivity contribution in [1.82, 2.24) is 9.88 Å². The molecular formula is C23H24N4O5S2. The van der Waals surface area contributed by atoms with Gasteiger partial charge < -0.3 is 15.0 Å². The van der Waals surface area contributed by atoms with Crippen molar-refractivity contribution in [3.8, 4) is 11.1 Å². The Bertz CT molecular complexity index is 1290. The molecule has 2 heterocycles. The van der Waals surface area contributed by atoms with E-state index in [9.17, 15) is 18.0 Å². The van der Waals surface area contributed by atoms with Crippen molar-refractivity contribution in [1.29, 1.82) is 0 Å². The molecule has 1 aromatic heterocycles. The second-order valence-corrected chi connectivity index (χ2v) is 10.2. The number of hydrogen-bond donors (Lipinski definition) is 2. The van der Waals surface area contributed by atoms with E-state index in [2.05, 4.69) is 15.0 Å². The van der Waals surface area contributed by atoms with E-state index in [4.69, 9.17) is 4.74 Å². The summed E-state index contributed by atoms with van der Waals surface area (Å²) in [5.41, 5.74) is 2.31. The van der Waals surface area contributed by atoms with E-state index < -0.39 is 10.0 Å². The number of hydrogen-bond acceptors (Lipinski definition) is 7. The third kappa shape index (κ3) is 5.79. The van der Waals surface area contributed by atoms with Crippen molar-refractivity contribution in [3.63, 3.8) is 0 Å². The second kappa shape index (κ2) is 10.3. The lowest BCUT2D eigenvalue weighted by molar-refractivity contribution is -0.134. The Morgan fingerprint density at radius 1 is 1.09 bits per heavy atom. The lowest BCUT2D eigenvalue weighted by atomic mass is 10.1. The Morgan fingerprint density at radius 3 is 2.53 bits per heavy atom. The summed E-state index contributed by atoms with van der Waals surface area (Å²) < 4.78 is 34.0. The summed E-state index contributed by atoms with van der Waals surface area (Å²) in [6.45, 7) is 3.40. The quantitative estimate of drug-likeness (QED) is 0.515. The Morgan fingerprint density at radius 2 is 1.82 bits per heavy atom. The van der Waals surface area contributed by atoms with Crippen LogP contribution in [0.2, 0.25) is 0 Å². The molecule has 0 radical (unpaired) electrons. The molecule has 0 bridgehead atoms. The maximum atomic E-state index is 13.1. The highest BCUT2D eigenvalue weighted by Crippen LogP contribution is 2.30. The van der Waals surface area contributed by atoms with Crippen LogP contribution in [0, 0.1) is 0 Å². The third-order valence-electron chi connectivity index (χ3n) is 5.16. The summed E-state index contributed by atoms with van der Waals surface area (Å²) in [5.74, 6) is -0.465. The molecule has 11 heteroatoms. The normalized spacial score (nSPS) is 14.0. The monoisotopic (exact) mass is 500 g/mol. The van der Waals surface area contributed by atoms with Gasteiger partial charge in [-0.05, 0) is 23.3 Å². The van der Waals surface area contributed by atoms with E-state index in [0.29, 0.717) is 32.0 Å². The van der Waals surface area contributed by atoms with Crippen LogP contribution in [0.25, 0.3) is 11.1 Å². The average Bonchev–Trinajstić information content (AvgIpc) is 3.25. The average molecular weight is 501 g/mol. The second-order valence-electron chi connectivity index (χ2n) is 7.68. The molecule has 0 aliphatic carbocycles. The summed E-state index contributed by atoms with van der Waals surface area (Å²) in [4.78, 5) is 30.1. The van der Waals surface area contributed by atoms with Gasteiger partial charge in [0.05, 0.1) is 31.0 Å². The first-order valence-electron chi connectivity index (χ1n) is 10.6.